The van der Waals surface area contributed by atoms with Crippen LogP contribution in [0.3, 0.4) is 0 Å². The van der Waals surface area contributed by atoms with Crippen LogP contribution in [0.4, 0.5) is 0 Å². The summed E-state index contributed by atoms with van der Waals surface area (Å²) < 4.78 is 5.73. The van der Waals surface area contributed by atoms with Gasteiger partial charge in [0.25, 0.3) is 0 Å². The van der Waals surface area contributed by atoms with Gasteiger partial charge in [0.2, 0.25) is 5.91 Å². The van der Waals surface area contributed by atoms with Crippen molar-refractivity contribution in [1.82, 2.24) is 5.32 Å². The molecule has 4 heteroatoms. The van der Waals surface area contributed by atoms with Crippen molar-refractivity contribution >= 4 is 18.3 Å². The van der Waals surface area contributed by atoms with Gasteiger partial charge in [0.1, 0.15) is 12.4 Å². The number of rotatable bonds is 5. The minimum Gasteiger partial charge on any atom is -0.491 e. The van der Waals surface area contributed by atoms with E-state index >= 15 is 0 Å². The molecule has 1 saturated heterocycles. The van der Waals surface area contributed by atoms with E-state index in [1.165, 1.54) is 11.1 Å². The lowest BCUT2D eigenvalue weighted by Gasteiger charge is -2.12. The fourth-order valence-electron chi connectivity index (χ4n) is 2.53. The SMILES string of the molecule is Cl.O=C1CCC(COc2ccc(Cc3ccccc3)cc2)N1. The minimum absolute atomic E-state index is 0. The first-order valence-corrected chi connectivity index (χ1v) is 7.34. The van der Waals surface area contributed by atoms with Crippen LogP contribution in [0.1, 0.15) is 24.0 Å². The molecular formula is C18H20ClNO2. The smallest absolute Gasteiger partial charge is 0.220 e. The predicted octanol–water partition coefficient (Wildman–Crippen LogP) is 3.36. The highest BCUT2D eigenvalue weighted by atomic mass is 35.5. The van der Waals surface area contributed by atoms with Crippen molar-refractivity contribution in [2.24, 2.45) is 0 Å². The van der Waals surface area contributed by atoms with Crippen molar-refractivity contribution in [1.29, 1.82) is 0 Å². The monoisotopic (exact) mass is 317 g/mol. The van der Waals surface area contributed by atoms with Crippen LogP contribution in [-0.2, 0) is 11.2 Å². The summed E-state index contributed by atoms with van der Waals surface area (Å²) in [5.41, 5.74) is 2.57. The van der Waals surface area contributed by atoms with Gasteiger partial charge in [-0.2, -0.15) is 0 Å². The first kappa shape index (κ1) is 16.4. The van der Waals surface area contributed by atoms with E-state index in [1.807, 2.05) is 18.2 Å². The maximum absolute atomic E-state index is 11.1. The third kappa shape index (κ3) is 4.50. The van der Waals surface area contributed by atoms with Crippen LogP contribution in [-0.4, -0.2) is 18.6 Å². The molecule has 0 radical (unpaired) electrons. The Labute approximate surface area is 137 Å². The second kappa shape index (κ2) is 7.85. The Morgan fingerprint density at radius 2 is 1.68 bits per heavy atom. The largest absolute Gasteiger partial charge is 0.491 e. The van der Waals surface area contributed by atoms with Crippen molar-refractivity contribution in [3.63, 3.8) is 0 Å². The molecular weight excluding hydrogens is 298 g/mol. The van der Waals surface area contributed by atoms with Gasteiger partial charge >= 0.3 is 0 Å². The van der Waals surface area contributed by atoms with Crippen LogP contribution in [0.2, 0.25) is 0 Å². The van der Waals surface area contributed by atoms with Crippen LogP contribution >= 0.6 is 12.4 Å². The lowest BCUT2D eigenvalue weighted by molar-refractivity contribution is -0.119. The molecule has 116 valence electrons. The molecule has 1 aliphatic heterocycles. The maximum atomic E-state index is 11.1. The van der Waals surface area contributed by atoms with Crippen LogP contribution in [0.15, 0.2) is 54.6 Å². The fraction of sp³-hybridized carbons (Fsp3) is 0.278. The molecule has 1 heterocycles. The lowest BCUT2D eigenvalue weighted by atomic mass is 10.1. The number of halogens is 1. The summed E-state index contributed by atoms with van der Waals surface area (Å²) in [5.74, 6) is 0.981. The number of ether oxygens (including phenoxy) is 1. The van der Waals surface area contributed by atoms with Gasteiger partial charge in [0.05, 0.1) is 6.04 Å². The van der Waals surface area contributed by atoms with Gasteiger partial charge in [-0.05, 0) is 36.1 Å². The first-order chi connectivity index (χ1) is 10.3. The van der Waals surface area contributed by atoms with Crippen molar-refractivity contribution in [2.75, 3.05) is 6.61 Å². The molecule has 0 aliphatic carbocycles. The lowest BCUT2D eigenvalue weighted by Crippen LogP contribution is -2.30. The molecule has 0 saturated carbocycles. The third-order valence-corrected chi connectivity index (χ3v) is 3.71. The zero-order valence-electron chi connectivity index (χ0n) is 12.3. The van der Waals surface area contributed by atoms with Gasteiger partial charge in [-0.1, -0.05) is 42.5 Å². The first-order valence-electron chi connectivity index (χ1n) is 7.34. The summed E-state index contributed by atoms with van der Waals surface area (Å²) in [5, 5.41) is 2.90. The molecule has 0 aromatic heterocycles. The van der Waals surface area contributed by atoms with E-state index in [1.54, 1.807) is 0 Å². The Bertz CT molecular complexity index is 598. The Morgan fingerprint density at radius 3 is 2.32 bits per heavy atom. The number of carbonyl (C=O) groups excluding carboxylic acids is 1. The normalized spacial score (nSPS) is 16.7. The summed E-state index contributed by atoms with van der Waals surface area (Å²) in [6.45, 7) is 0.545. The van der Waals surface area contributed by atoms with Crippen molar-refractivity contribution < 1.29 is 9.53 Å². The summed E-state index contributed by atoms with van der Waals surface area (Å²) in [6.07, 6.45) is 2.41. The van der Waals surface area contributed by atoms with Gasteiger partial charge < -0.3 is 10.1 Å². The standard InChI is InChI=1S/C18H19NO2.ClH/c20-18-11-8-16(19-18)13-21-17-9-6-15(7-10-17)12-14-4-2-1-3-5-14;/h1-7,9-10,16H,8,11-13H2,(H,19,20);1H. The zero-order chi connectivity index (χ0) is 14.5. The van der Waals surface area contributed by atoms with Crippen LogP contribution < -0.4 is 10.1 Å². The predicted molar refractivity (Wildman–Crippen MR) is 89.6 cm³/mol. The van der Waals surface area contributed by atoms with E-state index in [0.717, 1.165) is 18.6 Å². The van der Waals surface area contributed by atoms with Crippen LogP contribution in [0.5, 0.6) is 5.75 Å². The molecule has 1 N–H and O–H groups in total. The van der Waals surface area contributed by atoms with Crippen LogP contribution in [0, 0.1) is 0 Å². The van der Waals surface area contributed by atoms with Gasteiger partial charge in [-0.3, -0.25) is 4.79 Å². The zero-order valence-corrected chi connectivity index (χ0v) is 13.1. The highest BCUT2D eigenvalue weighted by Crippen LogP contribution is 2.16. The Morgan fingerprint density at radius 1 is 1.00 bits per heavy atom. The third-order valence-electron chi connectivity index (χ3n) is 3.71. The average Bonchev–Trinajstić information content (AvgIpc) is 2.93. The number of nitrogens with one attached hydrogen (secondary N) is 1. The van der Waals surface area contributed by atoms with Crippen molar-refractivity contribution in [3.05, 3.63) is 65.7 Å². The quantitative estimate of drug-likeness (QED) is 0.918. The summed E-state index contributed by atoms with van der Waals surface area (Å²) in [6, 6.07) is 18.7. The molecule has 1 atom stereocenters. The second-order valence-corrected chi connectivity index (χ2v) is 5.42. The van der Waals surface area contributed by atoms with E-state index in [4.69, 9.17) is 4.74 Å². The molecule has 22 heavy (non-hydrogen) atoms. The average molecular weight is 318 g/mol. The minimum atomic E-state index is 0. The van der Waals surface area contributed by atoms with Gasteiger partial charge in [-0.15, -0.1) is 12.4 Å². The molecule has 0 spiro atoms. The Balaban J connectivity index is 0.00000176. The molecule has 1 amide bonds. The van der Waals surface area contributed by atoms with Gasteiger partial charge in [0.15, 0.2) is 0 Å². The topological polar surface area (TPSA) is 38.3 Å². The number of hydrogen-bond donors (Lipinski definition) is 1. The molecule has 3 nitrogen and oxygen atoms in total. The molecule has 1 aliphatic rings. The number of benzene rings is 2. The molecule has 0 bridgehead atoms. The van der Waals surface area contributed by atoms with E-state index < -0.39 is 0 Å². The van der Waals surface area contributed by atoms with Gasteiger partial charge in [-0.25, -0.2) is 0 Å². The van der Waals surface area contributed by atoms with E-state index in [-0.39, 0.29) is 24.4 Å². The summed E-state index contributed by atoms with van der Waals surface area (Å²) in [7, 11) is 0. The molecule has 2 aromatic rings. The highest BCUT2D eigenvalue weighted by molar-refractivity contribution is 5.85. The number of hydrogen-bond acceptors (Lipinski definition) is 2. The summed E-state index contributed by atoms with van der Waals surface area (Å²) >= 11 is 0. The molecule has 2 aromatic carbocycles. The van der Waals surface area contributed by atoms with Gasteiger partial charge in [0, 0.05) is 6.42 Å². The van der Waals surface area contributed by atoms with E-state index in [9.17, 15) is 4.79 Å². The number of carbonyl (C=O) groups is 1. The molecule has 3 rings (SSSR count). The Hall–Kier alpha value is -2.00. The van der Waals surface area contributed by atoms with E-state index in [2.05, 4.69) is 41.7 Å². The molecule has 1 fully saturated rings. The van der Waals surface area contributed by atoms with Crippen LogP contribution in [0.25, 0.3) is 0 Å². The number of amides is 1. The van der Waals surface area contributed by atoms with Crippen molar-refractivity contribution in [2.45, 2.75) is 25.3 Å². The second-order valence-electron chi connectivity index (χ2n) is 5.42. The maximum Gasteiger partial charge on any atom is 0.220 e. The van der Waals surface area contributed by atoms with E-state index in [0.29, 0.717) is 13.0 Å². The highest BCUT2D eigenvalue weighted by Gasteiger charge is 2.20. The Kier molecular flexibility index (Phi) is 5.84. The summed E-state index contributed by atoms with van der Waals surface area (Å²) in [4.78, 5) is 11.1. The fourth-order valence-corrected chi connectivity index (χ4v) is 2.53. The molecule has 1 unspecified atom stereocenters. The van der Waals surface area contributed by atoms with Crippen molar-refractivity contribution in [3.8, 4) is 5.75 Å².